The number of sulfone groups is 1. The first-order chi connectivity index (χ1) is 18.5. The highest BCUT2D eigenvalue weighted by atomic mass is 32.2. The minimum absolute atomic E-state index is 0.102. The van der Waals surface area contributed by atoms with Gasteiger partial charge >= 0.3 is 0 Å². The quantitative estimate of drug-likeness (QED) is 0.161. The van der Waals surface area contributed by atoms with Gasteiger partial charge < -0.3 is 31.1 Å². The van der Waals surface area contributed by atoms with Crippen molar-refractivity contribution in [3.05, 3.63) is 35.4 Å². The van der Waals surface area contributed by atoms with Crippen LogP contribution in [0.3, 0.4) is 0 Å². The molecule has 0 spiro atoms. The number of benzene rings is 1. The molecule has 2 unspecified atom stereocenters. The Kier molecular flexibility index (Phi) is 12.7. The molecule has 0 aliphatic carbocycles. The lowest BCUT2D eigenvalue weighted by atomic mass is 10.1. The van der Waals surface area contributed by atoms with Crippen LogP contribution < -0.4 is 10.6 Å². The van der Waals surface area contributed by atoms with Gasteiger partial charge in [0.2, 0.25) is 0 Å². The summed E-state index contributed by atoms with van der Waals surface area (Å²) in [5, 5.41) is 61.6. The van der Waals surface area contributed by atoms with E-state index in [4.69, 9.17) is 5.11 Å². The van der Waals surface area contributed by atoms with Gasteiger partial charge in [0, 0.05) is 38.3 Å². The first kappa shape index (κ1) is 32.0. The summed E-state index contributed by atoms with van der Waals surface area (Å²) in [5.74, 6) is 0.354. The van der Waals surface area contributed by atoms with Gasteiger partial charge in [-0.15, -0.1) is 5.11 Å². The number of nitriles is 1. The van der Waals surface area contributed by atoms with Crippen LogP contribution in [0.4, 0.5) is 23.0 Å². The molecule has 0 aliphatic heterocycles. The second-order valence-corrected chi connectivity index (χ2v) is 11.1. The van der Waals surface area contributed by atoms with Crippen molar-refractivity contribution in [3.63, 3.8) is 0 Å². The summed E-state index contributed by atoms with van der Waals surface area (Å²) in [7, 11) is -3.64. The fourth-order valence-corrected chi connectivity index (χ4v) is 5.04. The van der Waals surface area contributed by atoms with Gasteiger partial charge in [-0.05, 0) is 45.0 Å². The molecule has 6 N–H and O–H groups in total. The zero-order chi connectivity index (χ0) is 29.0. The zero-order valence-corrected chi connectivity index (χ0v) is 23.2. The van der Waals surface area contributed by atoms with E-state index in [1.807, 2.05) is 0 Å². The van der Waals surface area contributed by atoms with Crippen molar-refractivity contribution in [2.45, 2.75) is 37.9 Å². The van der Waals surface area contributed by atoms with E-state index < -0.39 is 22.0 Å². The van der Waals surface area contributed by atoms with Gasteiger partial charge in [-0.1, -0.05) is 0 Å². The SMILES string of the molecule is Cc1c(C#N)c(NCCO)nc(NCCO)c1N=Nc1ccc(S(=O)(=O)CCN(CC(C)O)CC(C)O)cc1. The highest BCUT2D eigenvalue weighted by molar-refractivity contribution is 7.91. The molecule has 0 saturated carbocycles. The number of hydrogen-bond acceptors (Lipinski definition) is 13. The summed E-state index contributed by atoms with van der Waals surface area (Å²) in [6.45, 7) is 5.58. The van der Waals surface area contributed by atoms with E-state index in [2.05, 4.69) is 31.9 Å². The summed E-state index contributed by atoms with van der Waals surface area (Å²) in [5.41, 5.74) is 1.36. The number of rotatable bonds is 16. The van der Waals surface area contributed by atoms with Crippen molar-refractivity contribution in [1.29, 1.82) is 5.26 Å². The fourth-order valence-electron chi connectivity index (χ4n) is 3.75. The van der Waals surface area contributed by atoms with E-state index in [0.717, 1.165) is 0 Å². The van der Waals surface area contributed by atoms with E-state index in [1.54, 1.807) is 25.7 Å². The van der Waals surface area contributed by atoms with Gasteiger partial charge in [0.25, 0.3) is 0 Å². The Morgan fingerprint density at radius 1 is 1.00 bits per heavy atom. The maximum Gasteiger partial charge on any atom is 0.179 e. The number of aliphatic hydroxyl groups excluding tert-OH is 4. The van der Waals surface area contributed by atoms with E-state index in [-0.39, 0.29) is 79.5 Å². The molecule has 0 fully saturated rings. The lowest BCUT2D eigenvalue weighted by molar-refractivity contribution is 0.0873. The fraction of sp³-hybridized carbons (Fsp3) is 0.520. The Morgan fingerprint density at radius 3 is 2.08 bits per heavy atom. The molecule has 0 radical (unpaired) electrons. The van der Waals surface area contributed by atoms with Gasteiger partial charge in [0.15, 0.2) is 15.7 Å². The minimum Gasteiger partial charge on any atom is -0.395 e. The summed E-state index contributed by atoms with van der Waals surface area (Å²) >= 11 is 0. The molecule has 14 heteroatoms. The summed E-state index contributed by atoms with van der Waals surface area (Å²) in [6.07, 6.45) is -1.32. The molecule has 2 atom stereocenters. The molecule has 1 aromatic heterocycles. The van der Waals surface area contributed by atoms with Crippen molar-refractivity contribution in [2.75, 3.05) is 62.3 Å². The second-order valence-electron chi connectivity index (χ2n) is 9.04. The van der Waals surface area contributed by atoms with Crippen LogP contribution in [0.1, 0.15) is 25.0 Å². The molecular formula is C25H37N7O6S. The maximum absolute atomic E-state index is 12.9. The Bertz CT molecular complexity index is 1240. The smallest absolute Gasteiger partial charge is 0.179 e. The molecule has 0 bridgehead atoms. The second kappa shape index (κ2) is 15.4. The predicted octanol–water partition coefficient (Wildman–Crippen LogP) is 1.32. The number of azo groups is 1. The predicted molar refractivity (Wildman–Crippen MR) is 147 cm³/mol. The topological polar surface area (TPSA) is 204 Å². The lowest BCUT2D eigenvalue weighted by Crippen LogP contribution is -2.39. The Balaban J connectivity index is 2.26. The Hall–Kier alpha value is -3.19. The molecule has 214 valence electrons. The molecule has 1 aromatic carbocycles. The van der Waals surface area contributed by atoms with Crippen LogP contribution in [-0.2, 0) is 9.84 Å². The first-order valence-corrected chi connectivity index (χ1v) is 14.1. The number of aliphatic hydroxyl groups is 4. The molecule has 0 amide bonds. The standard InChI is InChI=1S/C25H37N7O6S/c1-17(35)15-32(16-18(2)36)10-13-39(37,38)21-6-4-20(5-7-21)30-31-23-19(3)22(14-26)24(27-8-11-33)29-25(23)28-9-12-34/h4-7,17-18,33-36H,8-13,15-16H2,1-3H3,(H2,27,28,29). The van der Waals surface area contributed by atoms with Gasteiger partial charge in [-0.2, -0.15) is 10.4 Å². The number of nitrogens with one attached hydrogen (secondary N) is 2. The lowest BCUT2D eigenvalue weighted by Gasteiger charge is -2.24. The summed E-state index contributed by atoms with van der Waals surface area (Å²) < 4.78 is 25.7. The number of hydrogen-bond donors (Lipinski definition) is 6. The van der Waals surface area contributed by atoms with Gasteiger partial charge in [0.05, 0.1) is 47.3 Å². The molecular weight excluding hydrogens is 526 g/mol. The van der Waals surface area contributed by atoms with E-state index >= 15 is 0 Å². The Morgan fingerprint density at radius 2 is 1.56 bits per heavy atom. The Labute approximate surface area is 228 Å². The molecule has 2 aromatic rings. The van der Waals surface area contributed by atoms with Crippen LogP contribution in [0.25, 0.3) is 0 Å². The number of pyridine rings is 1. The average Bonchev–Trinajstić information content (AvgIpc) is 2.88. The van der Waals surface area contributed by atoms with Crippen molar-refractivity contribution in [1.82, 2.24) is 9.88 Å². The summed E-state index contributed by atoms with van der Waals surface area (Å²) in [6, 6.07) is 7.94. The minimum atomic E-state index is -3.64. The third kappa shape index (κ3) is 9.81. The van der Waals surface area contributed by atoms with Crippen molar-refractivity contribution in [3.8, 4) is 6.07 Å². The van der Waals surface area contributed by atoms with Crippen LogP contribution in [0.5, 0.6) is 0 Å². The molecule has 0 aliphatic rings. The number of anilines is 2. The molecule has 0 saturated heterocycles. The van der Waals surface area contributed by atoms with Crippen LogP contribution >= 0.6 is 0 Å². The summed E-state index contributed by atoms with van der Waals surface area (Å²) in [4.78, 5) is 6.18. The number of nitrogens with zero attached hydrogens (tertiary/aromatic N) is 5. The first-order valence-electron chi connectivity index (χ1n) is 12.5. The van der Waals surface area contributed by atoms with Crippen LogP contribution in [0.2, 0.25) is 0 Å². The van der Waals surface area contributed by atoms with Gasteiger partial charge in [0.1, 0.15) is 17.6 Å². The number of aromatic nitrogens is 1. The van der Waals surface area contributed by atoms with Crippen molar-refractivity contribution >= 4 is 32.8 Å². The molecule has 13 nitrogen and oxygen atoms in total. The highest BCUT2D eigenvalue weighted by Gasteiger charge is 2.19. The largest absolute Gasteiger partial charge is 0.395 e. The maximum atomic E-state index is 12.9. The van der Waals surface area contributed by atoms with Gasteiger partial charge in [-0.3, -0.25) is 4.90 Å². The third-order valence-electron chi connectivity index (χ3n) is 5.52. The van der Waals surface area contributed by atoms with E-state index in [1.165, 1.54) is 24.3 Å². The van der Waals surface area contributed by atoms with Gasteiger partial charge in [-0.25, -0.2) is 13.4 Å². The van der Waals surface area contributed by atoms with Crippen LogP contribution in [-0.4, -0.2) is 103 Å². The molecule has 39 heavy (non-hydrogen) atoms. The van der Waals surface area contributed by atoms with E-state index in [9.17, 15) is 29.0 Å². The molecule has 2 rings (SSSR count). The average molecular weight is 564 g/mol. The third-order valence-corrected chi connectivity index (χ3v) is 7.23. The molecule has 1 heterocycles. The van der Waals surface area contributed by atoms with E-state index in [0.29, 0.717) is 11.3 Å². The highest BCUT2D eigenvalue weighted by Crippen LogP contribution is 2.34. The van der Waals surface area contributed by atoms with Crippen molar-refractivity contribution in [2.24, 2.45) is 10.2 Å². The zero-order valence-electron chi connectivity index (χ0n) is 22.4. The van der Waals surface area contributed by atoms with Crippen LogP contribution in [0, 0.1) is 18.3 Å². The van der Waals surface area contributed by atoms with Crippen LogP contribution in [0.15, 0.2) is 39.4 Å². The monoisotopic (exact) mass is 563 g/mol. The van der Waals surface area contributed by atoms with Crippen molar-refractivity contribution < 1.29 is 28.8 Å². The normalized spacial score (nSPS) is 13.4.